The molecule has 4 rings (SSSR count). The number of aliphatic hydroxyl groups is 1. The van der Waals surface area contributed by atoms with Crippen LogP contribution >= 0.6 is 0 Å². The van der Waals surface area contributed by atoms with Crippen LogP contribution in [0.2, 0.25) is 0 Å². The number of benzene rings is 2. The number of ketones is 1. The molecule has 0 bridgehead atoms. The first-order valence-electron chi connectivity index (χ1n) is 10.0. The van der Waals surface area contributed by atoms with Crippen molar-refractivity contribution in [2.24, 2.45) is 0 Å². The number of carbonyl (C=O) groups excluding carboxylic acids is 1. The highest BCUT2D eigenvalue weighted by molar-refractivity contribution is 5.99. The van der Waals surface area contributed by atoms with Gasteiger partial charge in [0.05, 0.1) is 0 Å². The van der Waals surface area contributed by atoms with E-state index in [1.807, 2.05) is 18.2 Å². The third-order valence-corrected chi connectivity index (χ3v) is 5.62. The topological polar surface area (TPSA) is 58.6 Å². The van der Waals surface area contributed by atoms with Crippen molar-refractivity contribution in [1.82, 2.24) is 0 Å². The summed E-state index contributed by atoms with van der Waals surface area (Å²) in [5, 5.41) is 13.8. The minimum atomic E-state index is -0.611. The van der Waals surface area contributed by atoms with Crippen LogP contribution in [0.3, 0.4) is 0 Å². The SMILES string of the molecule is O=C1CCCc2c(OCC(O)CNc3cccc4c3CCCC4)cccc21. The lowest BCUT2D eigenvalue weighted by atomic mass is 9.90. The van der Waals surface area contributed by atoms with Crippen molar-refractivity contribution in [3.8, 4) is 5.75 Å². The molecule has 0 aromatic heterocycles. The maximum Gasteiger partial charge on any atom is 0.163 e. The van der Waals surface area contributed by atoms with Gasteiger partial charge in [-0.2, -0.15) is 0 Å². The number of hydrogen-bond acceptors (Lipinski definition) is 4. The molecule has 0 heterocycles. The molecule has 1 unspecified atom stereocenters. The Morgan fingerprint density at radius 1 is 0.963 bits per heavy atom. The zero-order valence-electron chi connectivity index (χ0n) is 15.7. The monoisotopic (exact) mass is 365 g/mol. The Morgan fingerprint density at radius 2 is 1.78 bits per heavy atom. The number of fused-ring (bicyclic) bond motifs is 2. The van der Waals surface area contributed by atoms with Gasteiger partial charge in [0, 0.05) is 29.8 Å². The molecule has 0 amide bonds. The van der Waals surface area contributed by atoms with Crippen molar-refractivity contribution in [3.05, 3.63) is 58.7 Å². The van der Waals surface area contributed by atoms with E-state index < -0.39 is 6.10 Å². The van der Waals surface area contributed by atoms with E-state index in [-0.39, 0.29) is 12.4 Å². The summed E-state index contributed by atoms with van der Waals surface area (Å²) < 4.78 is 5.87. The van der Waals surface area contributed by atoms with Gasteiger partial charge in [-0.15, -0.1) is 0 Å². The first-order valence-corrected chi connectivity index (χ1v) is 10.0. The predicted molar refractivity (Wildman–Crippen MR) is 107 cm³/mol. The van der Waals surface area contributed by atoms with Gasteiger partial charge in [-0.3, -0.25) is 4.79 Å². The summed E-state index contributed by atoms with van der Waals surface area (Å²) >= 11 is 0. The van der Waals surface area contributed by atoms with Crippen LogP contribution < -0.4 is 10.1 Å². The molecule has 2 aliphatic carbocycles. The minimum absolute atomic E-state index is 0.192. The third-order valence-electron chi connectivity index (χ3n) is 5.62. The van der Waals surface area contributed by atoms with Crippen molar-refractivity contribution in [2.45, 2.75) is 51.0 Å². The lowest BCUT2D eigenvalue weighted by Gasteiger charge is -2.22. The van der Waals surface area contributed by atoms with Gasteiger partial charge in [0.15, 0.2) is 5.78 Å². The Bertz CT molecular complexity index is 830. The molecule has 1 atom stereocenters. The van der Waals surface area contributed by atoms with Gasteiger partial charge in [0.2, 0.25) is 0 Å². The largest absolute Gasteiger partial charge is 0.491 e. The normalized spacial score (nSPS) is 17.0. The molecular formula is C23H27NO3. The molecule has 142 valence electrons. The van der Waals surface area contributed by atoms with E-state index in [4.69, 9.17) is 4.74 Å². The predicted octanol–water partition coefficient (Wildman–Crippen LogP) is 3.94. The van der Waals surface area contributed by atoms with Gasteiger partial charge in [0.25, 0.3) is 0 Å². The molecule has 2 aromatic rings. The fourth-order valence-electron chi connectivity index (χ4n) is 4.20. The van der Waals surface area contributed by atoms with E-state index >= 15 is 0 Å². The second kappa shape index (κ2) is 8.13. The summed E-state index contributed by atoms with van der Waals surface area (Å²) in [5.41, 5.74) is 5.73. The summed E-state index contributed by atoms with van der Waals surface area (Å²) in [6.07, 6.45) is 6.48. The molecule has 0 saturated carbocycles. The Labute approximate surface area is 160 Å². The van der Waals surface area contributed by atoms with Crippen LogP contribution in [-0.2, 0) is 19.3 Å². The van der Waals surface area contributed by atoms with E-state index in [0.29, 0.717) is 13.0 Å². The quantitative estimate of drug-likeness (QED) is 0.814. The van der Waals surface area contributed by atoms with Crippen molar-refractivity contribution in [3.63, 3.8) is 0 Å². The summed E-state index contributed by atoms with van der Waals surface area (Å²) in [6.45, 7) is 0.664. The molecule has 0 saturated heterocycles. The lowest BCUT2D eigenvalue weighted by Crippen LogP contribution is -2.27. The summed E-state index contributed by atoms with van der Waals surface area (Å²) in [4.78, 5) is 12.0. The minimum Gasteiger partial charge on any atom is -0.491 e. The second-order valence-corrected chi connectivity index (χ2v) is 7.56. The van der Waals surface area contributed by atoms with Gasteiger partial charge in [-0.1, -0.05) is 24.3 Å². The molecule has 0 spiro atoms. The number of hydrogen-bond donors (Lipinski definition) is 2. The van der Waals surface area contributed by atoms with Crippen LogP contribution in [0.1, 0.15) is 52.7 Å². The van der Waals surface area contributed by atoms with E-state index in [2.05, 4.69) is 23.5 Å². The first kappa shape index (κ1) is 18.1. The maximum absolute atomic E-state index is 12.0. The molecule has 2 N–H and O–H groups in total. The van der Waals surface area contributed by atoms with E-state index in [1.165, 1.54) is 24.0 Å². The van der Waals surface area contributed by atoms with E-state index in [1.54, 1.807) is 0 Å². The Hall–Kier alpha value is -2.33. The number of rotatable bonds is 6. The van der Waals surface area contributed by atoms with Crippen molar-refractivity contribution in [2.75, 3.05) is 18.5 Å². The lowest BCUT2D eigenvalue weighted by molar-refractivity contribution is 0.0969. The molecule has 4 heteroatoms. The molecule has 2 aliphatic rings. The number of Topliss-reactive ketones (excluding diaryl/α,β-unsaturated/α-hetero) is 1. The molecule has 2 aromatic carbocycles. The Balaban J connectivity index is 1.35. The van der Waals surface area contributed by atoms with Crippen molar-refractivity contribution in [1.29, 1.82) is 0 Å². The number of aryl methyl sites for hydroxylation is 1. The smallest absolute Gasteiger partial charge is 0.163 e. The van der Waals surface area contributed by atoms with Gasteiger partial charge >= 0.3 is 0 Å². The molecule has 4 nitrogen and oxygen atoms in total. The number of anilines is 1. The highest BCUT2D eigenvalue weighted by Gasteiger charge is 2.21. The van der Waals surface area contributed by atoms with Crippen LogP contribution in [0.5, 0.6) is 5.75 Å². The third kappa shape index (κ3) is 4.01. The molecule has 0 fully saturated rings. The summed E-state index contributed by atoms with van der Waals surface area (Å²) in [5.74, 6) is 0.925. The Morgan fingerprint density at radius 3 is 2.70 bits per heavy atom. The number of ether oxygens (including phenoxy) is 1. The van der Waals surface area contributed by atoms with Gasteiger partial charge in [-0.25, -0.2) is 0 Å². The molecule has 27 heavy (non-hydrogen) atoms. The Kier molecular flexibility index (Phi) is 5.44. The van der Waals surface area contributed by atoms with Gasteiger partial charge < -0.3 is 15.2 Å². The van der Waals surface area contributed by atoms with Crippen LogP contribution in [0, 0.1) is 0 Å². The standard InChI is InChI=1S/C23H27NO3/c25-17(14-24-21-11-3-7-16-6-1-2-8-18(16)21)15-27-23-13-5-9-19-20(23)10-4-12-22(19)26/h3,5,7,9,11,13,17,24-25H,1-2,4,6,8,10,12,14-15H2. The van der Waals surface area contributed by atoms with Crippen LogP contribution in [0.4, 0.5) is 5.69 Å². The summed E-state index contributed by atoms with van der Waals surface area (Å²) in [6, 6.07) is 12.0. The molecule has 0 aliphatic heterocycles. The average Bonchev–Trinajstić information content (AvgIpc) is 2.71. The average molecular weight is 365 g/mol. The van der Waals surface area contributed by atoms with E-state index in [9.17, 15) is 9.90 Å². The highest BCUT2D eigenvalue weighted by Crippen LogP contribution is 2.30. The zero-order valence-corrected chi connectivity index (χ0v) is 15.7. The molecule has 0 radical (unpaired) electrons. The van der Waals surface area contributed by atoms with Crippen LogP contribution in [0.25, 0.3) is 0 Å². The van der Waals surface area contributed by atoms with E-state index in [0.717, 1.165) is 48.2 Å². The zero-order chi connectivity index (χ0) is 18.6. The van der Waals surface area contributed by atoms with Gasteiger partial charge in [-0.05, 0) is 61.8 Å². The van der Waals surface area contributed by atoms with Crippen LogP contribution in [0.15, 0.2) is 36.4 Å². The number of aliphatic hydroxyl groups excluding tert-OH is 1. The maximum atomic E-state index is 12.0. The number of carbonyl (C=O) groups is 1. The van der Waals surface area contributed by atoms with Crippen molar-refractivity contribution < 1.29 is 14.6 Å². The fraction of sp³-hybridized carbons (Fsp3) is 0.435. The van der Waals surface area contributed by atoms with Crippen LogP contribution in [-0.4, -0.2) is 30.1 Å². The second-order valence-electron chi connectivity index (χ2n) is 7.56. The number of nitrogens with one attached hydrogen (secondary N) is 1. The van der Waals surface area contributed by atoms with Crippen molar-refractivity contribution >= 4 is 11.5 Å². The van der Waals surface area contributed by atoms with Gasteiger partial charge in [0.1, 0.15) is 18.5 Å². The fourth-order valence-corrected chi connectivity index (χ4v) is 4.20. The summed E-state index contributed by atoms with van der Waals surface area (Å²) in [7, 11) is 0. The highest BCUT2D eigenvalue weighted by atomic mass is 16.5. The molecular weight excluding hydrogens is 338 g/mol. The first-order chi connectivity index (χ1) is 13.2.